The second kappa shape index (κ2) is 8.11. The summed E-state index contributed by atoms with van der Waals surface area (Å²) in [5.41, 5.74) is 2.26. The van der Waals surface area contributed by atoms with E-state index in [1.807, 2.05) is 30.3 Å². The van der Waals surface area contributed by atoms with Gasteiger partial charge in [0.05, 0.1) is 0 Å². The molecular formula is C21H26N2O. The lowest BCUT2D eigenvalue weighted by Crippen LogP contribution is -2.36. The quantitative estimate of drug-likeness (QED) is 0.880. The van der Waals surface area contributed by atoms with Crippen molar-refractivity contribution in [2.24, 2.45) is 5.92 Å². The van der Waals surface area contributed by atoms with Crippen LogP contribution in [-0.4, -0.2) is 23.9 Å². The van der Waals surface area contributed by atoms with E-state index in [-0.39, 0.29) is 5.91 Å². The Morgan fingerprint density at radius 3 is 2.25 bits per heavy atom. The molecule has 0 spiro atoms. The minimum atomic E-state index is 0.135. The molecule has 0 saturated carbocycles. The first kappa shape index (κ1) is 16.7. The third kappa shape index (κ3) is 4.45. The Kier molecular flexibility index (Phi) is 5.65. The van der Waals surface area contributed by atoms with Gasteiger partial charge in [0.2, 0.25) is 5.91 Å². The largest absolute Gasteiger partial charge is 0.326 e. The third-order valence-electron chi connectivity index (χ3n) is 5.01. The number of amides is 1. The number of nitrogens with one attached hydrogen (secondary N) is 1. The summed E-state index contributed by atoms with van der Waals surface area (Å²) in [6.07, 6.45) is 2.82. The summed E-state index contributed by atoms with van der Waals surface area (Å²) in [6, 6.07) is 20.8. The molecule has 1 fully saturated rings. The van der Waals surface area contributed by atoms with E-state index in [0.717, 1.165) is 31.6 Å². The molecule has 2 aromatic carbocycles. The van der Waals surface area contributed by atoms with Crippen molar-refractivity contribution in [3.8, 4) is 0 Å². The smallest absolute Gasteiger partial charge is 0.224 e. The highest BCUT2D eigenvalue weighted by atomic mass is 16.1. The van der Waals surface area contributed by atoms with Crippen LogP contribution in [-0.2, 0) is 4.79 Å². The maximum absolute atomic E-state index is 12.2. The molecule has 1 amide bonds. The van der Waals surface area contributed by atoms with Gasteiger partial charge in [-0.1, -0.05) is 48.5 Å². The molecule has 1 saturated heterocycles. The maximum atomic E-state index is 12.2. The van der Waals surface area contributed by atoms with Gasteiger partial charge >= 0.3 is 0 Å². The minimum Gasteiger partial charge on any atom is -0.326 e. The fraction of sp³-hybridized carbons (Fsp3) is 0.381. The van der Waals surface area contributed by atoms with Gasteiger partial charge in [0.1, 0.15) is 0 Å². The average Bonchev–Trinajstić information content (AvgIpc) is 2.63. The zero-order valence-electron chi connectivity index (χ0n) is 14.3. The number of anilines is 1. The number of benzene rings is 2. The summed E-state index contributed by atoms with van der Waals surface area (Å²) in [5, 5.41) is 3.00. The van der Waals surface area contributed by atoms with Gasteiger partial charge in [-0.2, -0.15) is 0 Å². The van der Waals surface area contributed by atoms with E-state index < -0.39 is 0 Å². The average molecular weight is 322 g/mol. The third-order valence-corrected chi connectivity index (χ3v) is 5.01. The van der Waals surface area contributed by atoms with Gasteiger partial charge in [0.15, 0.2) is 0 Å². The van der Waals surface area contributed by atoms with E-state index in [4.69, 9.17) is 0 Å². The highest BCUT2D eigenvalue weighted by Gasteiger charge is 2.24. The molecule has 0 aromatic heterocycles. The predicted molar refractivity (Wildman–Crippen MR) is 98.8 cm³/mol. The fourth-order valence-electron chi connectivity index (χ4n) is 3.48. The van der Waals surface area contributed by atoms with Crippen molar-refractivity contribution >= 4 is 11.6 Å². The van der Waals surface area contributed by atoms with E-state index >= 15 is 0 Å². The first-order chi connectivity index (χ1) is 11.7. The van der Waals surface area contributed by atoms with Crippen molar-refractivity contribution in [2.45, 2.75) is 32.2 Å². The van der Waals surface area contributed by atoms with Crippen LogP contribution in [0, 0.1) is 5.92 Å². The highest BCUT2D eigenvalue weighted by molar-refractivity contribution is 5.90. The molecule has 1 unspecified atom stereocenters. The Hall–Kier alpha value is -2.13. The van der Waals surface area contributed by atoms with Crippen molar-refractivity contribution in [1.82, 2.24) is 4.90 Å². The van der Waals surface area contributed by atoms with Crippen LogP contribution in [0.2, 0.25) is 0 Å². The van der Waals surface area contributed by atoms with Crippen molar-refractivity contribution < 1.29 is 4.79 Å². The van der Waals surface area contributed by atoms with Crippen LogP contribution < -0.4 is 5.32 Å². The van der Waals surface area contributed by atoms with Crippen LogP contribution in [0.1, 0.15) is 37.8 Å². The normalized spacial score (nSPS) is 17.4. The number of likely N-dealkylation sites (tertiary alicyclic amines) is 1. The van der Waals surface area contributed by atoms with Gasteiger partial charge in [0.25, 0.3) is 0 Å². The zero-order valence-corrected chi connectivity index (χ0v) is 14.3. The molecule has 3 nitrogen and oxygen atoms in total. The Morgan fingerprint density at radius 1 is 1.04 bits per heavy atom. The van der Waals surface area contributed by atoms with E-state index in [9.17, 15) is 4.79 Å². The Bertz CT molecular complexity index is 633. The standard InChI is InChI=1S/C21H26N2O/c1-17(19-8-4-2-5-9-19)23-14-12-18(13-15-23)16-21(24)22-20-10-6-3-7-11-20/h2-11,17-18H,12-16H2,1H3,(H,22,24). The minimum absolute atomic E-state index is 0.135. The monoisotopic (exact) mass is 322 g/mol. The molecule has 1 N–H and O–H groups in total. The van der Waals surface area contributed by atoms with Gasteiger partial charge in [-0.15, -0.1) is 0 Å². The molecule has 3 rings (SSSR count). The van der Waals surface area contributed by atoms with E-state index in [1.54, 1.807) is 0 Å². The molecule has 1 atom stereocenters. The first-order valence-electron chi connectivity index (χ1n) is 8.86. The maximum Gasteiger partial charge on any atom is 0.224 e. The number of hydrogen-bond acceptors (Lipinski definition) is 2. The molecule has 1 heterocycles. The number of carbonyl (C=O) groups is 1. The van der Waals surface area contributed by atoms with Crippen LogP contribution in [0.3, 0.4) is 0 Å². The van der Waals surface area contributed by atoms with Crippen molar-refractivity contribution in [1.29, 1.82) is 0 Å². The van der Waals surface area contributed by atoms with E-state index in [0.29, 0.717) is 18.4 Å². The van der Waals surface area contributed by atoms with Crippen molar-refractivity contribution in [2.75, 3.05) is 18.4 Å². The molecule has 126 valence electrons. The molecule has 1 aliphatic rings. The first-order valence-corrected chi connectivity index (χ1v) is 8.86. The predicted octanol–water partition coefficient (Wildman–Crippen LogP) is 4.49. The molecule has 0 bridgehead atoms. The van der Waals surface area contributed by atoms with Gasteiger partial charge < -0.3 is 5.32 Å². The molecule has 0 radical (unpaired) electrons. The second-order valence-corrected chi connectivity index (χ2v) is 6.68. The molecule has 2 aromatic rings. The second-order valence-electron chi connectivity index (χ2n) is 6.68. The topological polar surface area (TPSA) is 32.3 Å². The van der Waals surface area contributed by atoms with Gasteiger partial charge in [-0.3, -0.25) is 9.69 Å². The molecule has 0 aliphatic carbocycles. The number of hydrogen-bond donors (Lipinski definition) is 1. The van der Waals surface area contributed by atoms with Gasteiger partial charge in [-0.05, 0) is 56.5 Å². The number of piperidine rings is 1. The lowest BCUT2D eigenvalue weighted by Gasteiger charge is -2.36. The Morgan fingerprint density at radius 2 is 1.62 bits per heavy atom. The summed E-state index contributed by atoms with van der Waals surface area (Å²) >= 11 is 0. The lowest BCUT2D eigenvalue weighted by atomic mass is 9.91. The van der Waals surface area contributed by atoms with Crippen LogP contribution in [0.15, 0.2) is 60.7 Å². The van der Waals surface area contributed by atoms with Crippen LogP contribution in [0.5, 0.6) is 0 Å². The molecule has 24 heavy (non-hydrogen) atoms. The molecular weight excluding hydrogens is 296 g/mol. The number of para-hydroxylation sites is 1. The van der Waals surface area contributed by atoms with Gasteiger partial charge in [-0.25, -0.2) is 0 Å². The summed E-state index contributed by atoms with van der Waals surface area (Å²) < 4.78 is 0. The van der Waals surface area contributed by atoms with Gasteiger partial charge in [0, 0.05) is 18.2 Å². The summed E-state index contributed by atoms with van der Waals surface area (Å²) in [4.78, 5) is 14.7. The van der Waals surface area contributed by atoms with Crippen molar-refractivity contribution in [3.63, 3.8) is 0 Å². The van der Waals surface area contributed by atoms with Crippen LogP contribution in [0.25, 0.3) is 0 Å². The molecule has 3 heteroatoms. The number of rotatable bonds is 5. The summed E-state index contributed by atoms with van der Waals surface area (Å²) in [6.45, 7) is 4.41. The Labute approximate surface area is 144 Å². The zero-order chi connectivity index (χ0) is 16.8. The molecule has 1 aliphatic heterocycles. The Balaban J connectivity index is 1.46. The number of carbonyl (C=O) groups excluding carboxylic acids is 1. The highest BCUT2D eigenvalue weighted by Crippen LogP contribution is 2.28. The summed E-state index contributed by atoms with van der Waals surface area (Å²) in [5.74, 6) is 0.628. The summed E-state index contributed by atoms with van der Waals surface area (Å²) in [7, 11) is 0. The number of nitrogens with zero attached hydrogens (tertiary/aromatic N) is 1. The lowest BCUT2D eigenvalue weighted by molar-refractivity contribution is -0.117. The fourth-order valence-corrected chi connectivity index (χ4v) is 3.48. The van der Waals surface area contributed by atoms with Crippen LogP contribution >= 0.6 is 0 Å². The van der Waals surface area contributed by atoms with Crippen molar-refractivity contribution in [3.05, 3.63) is 66.2 Å². The van der Waals surface area contributed by atoms with E-state index in [2.05, 4.69) is 47.5 Å². The SMILES string of the molecule is CC(c1ccccc1)N1CCC(CC(=O)Nc2ccccc2)CC1. The van der Waals surface area contributed by atoms with E-state index in [1.165, 1.54) is 5.56 Å². The van der Waals surface area contributed by atoms with Crippen LogP contribution in [0.4, 0.5) is 5.69 Å².